The van der Waals surface area contributed by atoms with Crippen LogP contribution in [0.4, 0.5) is 5.69 Å². The average Bonchev–Trinajstić information content (AvgIpc) is 3.00. The third kappa shape index (κ3) is 3.26. The van der Waals surface area contributed by atoms with Gasteiger partial charge in [-0.15, -0.1) is 0 Å². The van der Waals surface area contributed by atoms with Crippen LogP contribution in [0, 0.1) is 0 Å². The highest BCUT2D eigenvalue weighted by Crippen LogP contribution is 2.39. The number of hydrogen-bond acceptors (Lipinski definition) is 3. The zero-order chi connectivity index (χ0) is 15.0. The highest BCUT2D eigenvalue weighted by Gasteiger charge is 2.34. The molecule has 6 heteroatoms. The number of hydrogen-bond donors (Lipinski definition) is 2. The molecule has 0 radical (unpaired) electrons. The number of nitrogens with one attached hydrogen (secondary N) is 1. The molecule has 1 aromatic heterocycles. The molecule has 0 bridgehead atoms. The summed E-state index contributed by atoms with van der Waals surface area (Å²) in [5.74, 6) is 0.284. The van der Waals surface area contributed by atoms with E-state index in [-0.39, 0.29) is 16.0 Å². The van der Waals surface area contributed by atoms with Crippen molar-refractivity contribution < 1.29 is 4.79 Å². The minimum Gasteiger partial charge on any atom is -0.327 e. The smallest absolute Gasteiger partial charge is 0.255 e. The second kappa shape index (κ2) is 5.76. The zero-order valence-electron chi connectivity index (χ0n) is 11.7. The second-order valence-corrected chi connectivity index (χ2v) is 7.17. The van der Waals surface area contributed by atoms with Crippen molar-refractivity contribution in [3.8, 4) is 0 Å². The van der Waals surface area contributed by atoms with E-state index in [9.17, 15) is 4.79 Å². The van der Waals surface area contributed by atoms with Crippen LogP contribution in [0.1, 0.15) is 39.2 Å². The van der Waals surface area contributed by atoms with E-state index in [1.165, 1.54) is 0 Å². The van der Waals surface area contributed by atoms with Gasteiger partial charge >= 0.3 is 0 Å². The van der Waals surface area contributed by atoms with Crippen molar-refractivity contribution in [2.75, 3.05) is 5.32 Å². The molecule has 0 spiro atoms. The Morgan fingerprint density at radius 1 is 1.57 bits per heavy atom. The maximum Gasteiger partial charge on any atom is 0.255 e. The first-order chi connectivity index (χ1) is 10.0. The van der Waals surface area contributed by atoms with Crippen LogP contribution in [0.2, 0.25) is 0 Å². The SMILES string of the molecule is CC(I)n1cc(NC(=O)c2cccc(C3CC3N)c2)cn1. The Morgan fingerprint density at radius 2 is 2.33 bits per heavy atom. The summed E-state index contributed by atoms with van der Waals surface area (Å²) in [5, 5.41) is 7.08. The van der Waals surface area contributed by atoms with Gasteiger partial charge < -0.3 is 11.1 Å². The van der Waals surface area contributed by atoms with Crippen molar-refractivity contribution in [3.63, 3.8) is 0 Å². The summed E-state index contributed by atoms with van der Waals surface area (Å²) in [5.41, 5.74) is 8.37. The lowest BCUT2D eigenvalue weighted by molar-refractivity contribution is 0.102. The Balaban J connectivity index is 1.72. The van der Waals surface area contributed by atoms with Gasteiger partial charge in [-0.3, -0.25) is 9.48 Å². The Labute approximate surface area is 137 Å². The number of carbonyl (C=O) groups is 1. The van der Waals surface area contributed by atoms with Crippen LogP contribution in [0.15, 0.2) is 36.7 Å². The van der Waals surface area contributed by atoms with Gasteiger partial charge in [0, 0.05) is 23.7 Å². The molecule has 1 aromatic carbocycles. The molecule has 0 saturated heterocycles. The molecule has 3 N–H and O–H groups in total. The molecule has 110 valence electrons. The molecule has 1 aliphatic carbocycles. The second-order valence-electron chi connectivity index (χ2n) is 5.37. The molecule has 1 heterocycles. The lowest BCUT2D eigenvalue weighted by Gasteiger charge is -2.05. The van der Waals surface area contributed by atoms with E-state index in [1.54, 1.807) is 10.9 Å². The summed E-state index contributed by atoms with van der Waals surface area (Å²) in [4.78, 5) is 12.3. The summed E-state index contributed by atoms with van der Waals surface area (Å²) >= 11 is 2.26. The molecule has 0 aliphatic heterocycles. The van der Waals surface area contributed by atoms with E-state index in [4.69, 9.17) is 5.73 Å². The lowest BCUT2D eigenvalue weighted by Crippen LogP contribution is -2.12. The van der Waals surface area contributed by atoms with Gasteiger partial charge in [-0.1, -0.05) is 34.7 Å². The zero-order valence-corrected chi connectivity index (χ0v) is 13.8. The van der Waals surface area contributed by atoms with E-state index in [0.717, 1.165) is 12.0 Å². The highest BCUT2D eigenvalue weighted by molar-refractivity contribution is 14.1. The Bertz CT molecular complexity index is 667. The summed E-state index contributed by atoms with van der Waals surface area (Å²) in [6.07, 6.45) is 4.49. The number of carbonyl (C=O) groups excluding carboxylic acids is 1. The normalized spacial score (nSPS) is 21.9. The van der Waals surface area contributed by atoms with Crippen molar-refractivity contribution in [1.29, 1.82) is 0 Å². The third-order valence-corrected chi connectivity index (χ3v) is 4.21. The van der Waals surface area contributed by atoms with E-state index >= 15 is 0 Å². The maximum atomic E-state index is 12.3. The fourth-order valence-corrected chi connectivity index (χ4v) is 2.61. The lowest BCUT2D eigenvalue weighted by atomic mass is 10.1. The molecule has 1 amide bonds. The van der Waals surface area contributed by atoms with Gasteiger partial charge in [0.2, 0.25) is 0 Å². The number of nitrogens with zero attached hydrogens (tertiary/aromatic N) is 2. The number of alkyl halides is 1. The molecule has 21 heavy (non-hydrogen) atoms. The number of anilines is 1. The molecular weight excluding hydrogens is 379 g/mol. The predicted octanol–water partition coefficient (Wildman–Crippen LogP) is 2.90. The van der Waals surface area contributed by atoms with E-state index < -0.39 is 0 Å². The maximum absolute atomic E-state index is 12.3. The van der Waals surface area contributed by atoms with Crippen LogP contribution in [-0.4, -0.2) is 21.7 Å². The van der Waals surface area contributed by atoms with Crippen LogP contribution in [0.5, 0.6) is 0 Å². The van der Waals surface area contributed by atoms with E-state index in [2.05, 4.69) is 33.0 Å². The van der Waals surface area contributed by atoms with Gasteiger partial charge in [0.15, 0.2) is 0 Å². The van der Waals surface area contributed by atoms with Crippen LogP contribution < -0.4 is 11.1 Å². The molecular formula is C15H17IN4O. The third-order valence-electron chi connectivity index (χ3n) is 3.64. The Morgan fingerprint density at radius 3 is 2.95 bits per heavy atom. The Hall–Kier alpha value is -1.41. The summed E-state index contributed by atoms with van der Waals surface area (Å²) < 4.78 is 2.04. The minimum atomic E-state index is -0.119. The van der Waals surface area contributed by atoms with Crippen molar-refractivity contribution in [3.05, 3.63) is 47.8 Å². The monoisotopic (exact) mass is 396 g/mol. The number of rotatable bonds is 4. The molecule has 1 saturated carbocycles. The highest BCUT2D eigenvalue weighted by atomic mass is 127. The first-order valence-electron chi connectivity index (χ1n) is 6.89. The van der Waals surface area contributed by atoms with Gasteiger partial charge in [0.1, 0.15) is 4.05 Å². The Kier molecular flexibility index (Phi) is 3.99. The summed E-state index contributed by atoms with van der Waals surface area (Å²) in [7, 11) is 0. The molecule has 5 nitrogen and oxygen atoms in total. The number of benzene rings is 1. The van der Waals surface area contributed by atoms with Crippen molar-refractivity contribution >= 4 is 34.2 Å². The van der Waals surface area contributed by atoms with Gasteiger partial charge in [0.05, 0.1) is 11.9 Å². The first-order valence-corrected chi connectivity index (χ1v) is 8.14. The predicted molar refractivity (Wildman–Crippen MR) is 90.7 cm³/mol. The van der Waals surface area contributed by atoms with E-state index in [0.29, 0.717) is 17.2 Å². The first kappa shape index (κ1) is 14.5. The number of halogens is 1. The number of aromatic nitrogens is 2. The molecule has 3 unspecified atom stereocenters. The van der Waals surface area contributed by atoms with Crippen LogP contribution in [-0.2, 0) is 0 Å². The number of nitrogens with two attached hydrogens (primary N) is 1. The molecule has 1 fully saturated rings. The molecule has 1 aliphatic rings. The quantitative estimate of drug-likeness (QED) is 0.617. The van der Waals surface area contributed by atoms with Crippen LogP contribution >= 0.6 is 22.6 Å². The van der Waals surface area contributed by atoms with Gasteiger partial charge in [0.25, 0.3) is 5.91 Å². The fourth-order valence-electron chi connectivity index (χ4n) is 2.31. The fraction of sp³-hybridized carbons (Fsp3) is 0.333. The van der Waals surface area contributed by atoms with Gasteiger partial charge in [-0.05, 0) is 31.0 Å². The average molecular weight is 396 g/mol. The molecule has 2 aromatic rings. The van der Waals surface area contributed by atoms with Crippen LogP contribution in [0.3, 0.4) is 0 Å². The molecule has 3 rings (SSSR count). The van der Waals surface area contributed by atoms with Crippen molar-refractivity contribution in [2.24, 2.45) is 5.73 Å². The number of amides is 1. The summed E-state index contributed by atoms with van der Waals surface area (Å²) in [6.45, 7) is 2.03. The minimum absolute atomic E-state index is 0.119. The van der Waals surface area contributed by atoms with Crippen LogP contribution in [0.25, 0.3) is 0 Å². The van der Waals surface area contributed by atoms with Crippen molar-refractivity contribution in [1.82, 2.24) is 9.78 Å². The standard InChI is InChI=1S/C15H17IN4O/c1-9(16)20-8-12(7-18-20)19-15(21)11-4-2-3-10(5-11)13-6-14(13)17/h2-5,7-9,13-14H,6,17H2,1H3,(H,19,21). The topological polar surface area (TPSA) is 72.9 Å². The molecule has 3 atom stereocenters. The van der Waals surface area contributed by atoms with Gasteiger partial charge in [-0.25, -0.2) is 0 Å². The summed E-state index contributed by atoms with van der Waals surface area (Å²) in [6, 6.07) is 7.93. The van der Waals surface area contributed by atoms with Gasteiger partial charge in [-0.2, -0.15) is 5.10 Å². The van der Waals surface area contributed by atoms with E-state index in [1.807, 2.05) is 37.4 Å². The largest absolute Gasteiger partial charge is 0.327 e. The van der Waals surface area contributed by atoms with Crippen molar-refractivity contribution in [2.45, 2.75) is 29.4 Å².